The van der Waals surface area contributed by atoms with Crippen molar-refractivity contribution in [3.8, 4) is 0 Å². The highest BCUT2D eigenvalue weighted by molar-refractivity contribution is 9.10. The zero-order valence-electron chi connectivity index (χ0n) is 10.3. The molecule has 1 atom stereocenters. The molecular formula is C12H16BrFN2O2S. The molecule has 1 aliphatic rings. The molecule has 0 radical (unpaired) electrons. The molecule has 1 unspecified atom stereocenters. The van der Waals surface area contributed by atoms with Crippen LogP contribution in [0.3, 0.4) is 0 Å². The van der Waals surface area contributed by atoms with E-state index in [-0.39, 0.29) is 17.5 Å². The van der Waals surface area contributed by atoms with Crippen LogP contribution in [0.25, 0.3) is 0 Å². The Morgan fingerprint density at radius 3 is 2.89 bits per heavy atom. The summed E-state index contributed by atoms with van der Waals surface area (Å²) >= 11 is 3.20. The summed E-state index contributed by atoms with van der Waals surface area (Å²) in [5, 5.41) is 3.18. The predicted octanol–water partition coefficient (Wildman–Crippen LogP) is 2.47. The summed E-state index contributed by atoms with van der Waals surface area (Å²) in [7, 11) is -3.48. The van der Waals surface area contributed by atoms with Crippen molar-refractivity contribution in [2.75, 3.05) is 17.0 Å². The zero-order chi connectivity index (χ0) is 13.9. The minimum atomic E-state index is -3.48. The van der Waals surface area contributed by atoms with Gasteiger partial charge in [0.05, 0.1) is 11.4 Å². The van der Waals surface area contributed by atoms with Gasteiger partial charge in [-0.2, -0.15) is 0 Å². The van der Waals surface area contributed by atoms with Crippen molar-refractivity contribution in [1.29, 1.82) is 0 Å². The Hall–Kier alpha value is -0.660. The van der Waals surface area contributed by atoms with Crippen molar-refractivity contribution in [2.45, 2.75) is 25.3 Å². The molecule has 0 saturated carbocycles. The fraction of sp³-hybridized carbons (Fsp3) is 0.500. The largest absolute Gasteiger partial charge is 0.313 e. The Morgan fingerprint density at radius 2 is 2.21 bits per heavy atom. The summed E-state index contributed by atoms with van der Waals surface area (Å²) in [5.41, 5.74) is 0.232. The van der Waals surface area contributed by atoms with Gasteiger partial charge in [-0.15, -0.1) is 0 Å². The number of halogens is 2. The summed E-state index contributed by atoms with van der Waals surface area (Å²) in [6.07, 6.45) is 2.97. The molecular weight excluding hydrogens is 335 g/mol. The number of hydrogen-bond donors (Lipinski definition) is 2. The van der Waals surface area contributed by atoms with E-state index in [9.17, 15) is 12.8 Å². The summed E-state index contributed by atoms with van der Waals surface area (Å²) in [4.78, 5) is 0. The first-order valence-corrected chi connectivity index (χ1v) is 8.60. The van der Waals surface area contributed by atoms with Crippen molar-refractivity contribution >= 4 is 31.6 Å². The fourth-order valence-electron chi connectivity index (χ4n) is 2.12. The highest BCUT2D eigenvalue weighted by atomic mass is 79.9. The molecule has 1 aliphatic heterocycles. The molecule has 0 aliphatic carbocycles. The van der Waals surface area contributed by atoms with Crippen LogP contribution in [0.5, 0.6) is 0 Å². The third-order valence-electron chi connectivity index (χ3n) is 3.03. The lowest BCUT2D eigenvalue weighted by Crippen LogP contribution is -2.40. The predicted molar refractivity (Wildman–Crippen MR) is 77.2 cm³/mol. The van der Waals surface area contributed by atoms with E-state index in [1.807, 2.05) is 0 Å². The minimum Gasteiger partial charge on any atom is -0.313 e. The molecule has 2 rings (SSSR count). The van der Waals surface area contributed by atoms with E-state index >= 15 is 0 Å². The monoisotopic (exact) mass is 350 g/mol. The summed E-state index contributed by atoms with van der Waals surface area (Å²) in [6, 6.07) is 3.88. The van der Waals surface area contributed by atoms with Crippen LogP contribution in [-0.4, -0.2) is 26.8 Å². The van der Waals surface area contributed by atoms with Gasteiger partial charge in [0.2, 0.25) is 10.0 Å². The van der Waals surface area contributed by atoms with Crippen LogP contribution in [0.4, 0.5) is 10.1 Å². The van der Waals surface area contributed by atoms with Crippen molar-refractivity contribution in [1.82, 2.24) is 5.32 Å². The van der Waals surface area contributed by atoms with Crippen LogP contribution in [0, 0.1) is 5.82 Å². The average molecular weight is 351 g/mol. The lowest BCUT2D eigenvalue weighted by Gasteiger charge is -2.23. The lowest BCUT2D eigenvalue weighted by atomic mass is 10.1. The minimum absolute atomic E-state index is 0.00987. The Kier molecular flexibility index (Phi) is 4.81. The van der Waals surface area contributed by atoms with Crippen molar-refractivity contribution < 1.29 is 12.8 Å². The topological polar surface area (TPSA) is 58.2 Å². The van der Waals surface area contributed by atoms with E-state index in [0.29, 0.717) is 4.47 Å². The average Bonchev–Trinajstić information content (AvgIpc) is 2.34. The van der Waals surface area contributed by atoms with Crippen LogP contribution in [0.2, 0.25) is 0 Å². The molecule has 1 aromatic carbocycles. The van der Waals surface area contributed by atoms with Crippen LogP contribution in [0.15, 0.2) is 22.7 Å². The Bertz CT molecular complexity index is 545. The molecule has 0 amide bonds. The summed E-state index contributed by atoms with van der Waals surface area (Å²) in [5.74, 6) is -0.465. The van der Waals surface area contributed by atoms with E-state index < -0.39 is 15.8 Å². The molecule has 1 fully saturated rings. The smallest absolute Gasteiger partial charge is 0.234 e. The number of anilines is 1. The Labute approximate surface area is 121 Å². The van der Waals surface area contributed by atoms with E-state index in [0.717, 1.165) is 31.9 Å². The maximum atomic E-state index is 13.1. The SMILES string of the molecule is O=S(=O)(CC1CCCCN1)Nc1cc(F)ccc1Br. The van der Waals surface area contributed by atoms with E-state index in [4.69, 9.17) is 0 Å². The maximum absolute atomic E-state index is 13.1. The molecule has 106 valence electrons. The van der Waals surface area contributed by atoms with Gasteiger partial charge in [0.15, 0.2) is 0 Å². The quantitative estimate of drug-likeness (QED) is 0.876. The number of hydrogen-bond acceptors (Lipinski definition) is 3. The number of piperidine rings is 1. The molecule has 1 heterocycles. The second-order valence-corrected chi connectivity index (χ2v) is 7.28. The molecule has 0 aromatic heterocycles. The summed E-state index contributed by atoms with van der Waals surface area (Å²) < 4.78 is 40.1. The van der Waals surface area contributed by atoms with E-state index in [2.05, 4.69) is 26.0 Å². The highest BCUT2D eigenvalue weighted by Gasteiger charge is 2.21. The molecule has 1 saturated heterocycles. The van der Waals surface area contributed by atoms with Gasteiger partial charge >= 0.3 is 0 Å². The maximum Gasteiger partial charge on any atom is 0.234 e. The number of nitrogens with one attached hydrogen (secondary N) is 2. The van der Waals surface area contributed by atoms with Crippen molar-refractivity contribution in [2.24, 2.45) is 0 Å². The molecule has 2 N–H and O–H groups in total. The third kappa shape index (κ3) is 4.43. The van der Waals surface area contributed by atoms with Gasteiger partial charge in [0.25, 0.3) is 0 Å². The first-order chi connectivity index (χ1) is 8.96. The Balaban J connectivity index is 2.05. The number of benzene rings is 1. The van der Waals surface area contributed by atoms with Crippen LogP contribution in [-0.2, 0) is 10.0 Å². The van der Waals surface area contributed by atoms with Crippen LogP contribution < -0.4 is 10.0 Å². The Morgan fingerprint density at radius 1 is 1.42 bits per heavy atom. The van der Waals surface area contributed by atoms with Gasteiger partial charge in [0.1, 0.15) is 5.82 Å². The standard InChI is InChI=1S/C12H16BrFN2O2S/c13-11-5-4-9(14)7-12(11)16-19(17,18)8-10-3-1-2-6-15-10/h4-5,7,10,15-16H,1-3,6,8H2. The first kappa shape index (κ1) is 14.7. The van der Waals surface area contributed by atoms with Gasteiger partial charge < -0.3 is 5.32 Å². The van der Waals surface area contributed by atoms with Crippen molar-refractivity contribution in [3.05, 3.63) is 28.5 Å². The fourth-order valence-corrected chi connectivity index (χ4v) is 3.99. The number of rotatable bonds is 4. The molecule has 0 bridgehead atoms. The molecule has 1 aromatic rings. The van der Waals surface area contributed by atoms with E-state index in [1.165, 1.54) is 12.1 Å². The molecule has 19 heavy (non-hydrogen) atoms. The normalized spacial score (nSPS) is 20.2. The third-order valence-corrected chi connectivity index (χ3v) is 5.09. The highest BCUT2D eigenvalue weighted by Crippen LogP contribution is 2.24. The molecule has 7 heteroatoms. The summed E-state index contributed by atoms with van der Waals surface area (Å²) in [6.45, 7) is 0.851. The van der Waals surface area contributed by atoms with E-state index in [1.54, 1.807) is 0 Å². The number of sulfonamides is 1. The van der Waals surface area contributed by atoms with Gasteiger partial charge in [0, 0.05) is 10.5 Å². The zero-order valence-corrected chi connectivity index (χ0v) is 12.7. The second kappa shape index (κ2) is 6.19. The van der Waals surface area contributed by atoms with Crippen LogP contribution >= 0.6 is 15.9 Å². The van der Waals surface area contributed by atoms with Crippen molar-refractivity contribution in [3.63, 3.8) is 0 Å². The van der Waals surface area contributed by atoms with Crippen LogP contribution in [0.1, 0.15) is 19.3 Å². The second-order valence-electron chi connectivity index (χ2n) is 4.65. The lowest BCUT2D eigenvalue weighted by molar-refractivity contribution is 0.424. The van der Waals surface area contributed by atoms with Gasteiger partial charge in [-0.3, -0.25) is 4.72 Å². The van der Waals surface area contributed by atoms with Gasteiger partial charge in [-0.05, 0) is 53.5 Å². The van der Waals surface area contributed by atoms with Gasteiger partial charge in [-0.25, -0.2) is 12.8 Å². The van der Waals surface area contributed by atoms with Gasteiger partial charge in [-0.1, -0.05) is 6.42 Å². The molecule has 0 spiro atoms. The first-order valence-electron chi connectivity index (χ1n) is 6.15. The molecule has 4 nitrogen and oxygen atoms in total.